The minimum absolute atomic E-state index is 0.165. The highest BCUT2D eigenvalue weighted by Crippen LogP contribution is 2.45. The van der Waals surface area contributed by atoms with E-state index in [2.05, 4.69) is 26.8 Å². The molecule has 0 bridgehead atoms. The van der Waals surface area contributed by atoms with Crippen molar-refractivity contribution >= 4 is 5.78 Å². The standard InChI is InChI=1S/C13H18O/c1-9-4-5-12-10(6-9)7-11(14)8-13(12,2)3/h6-7,12H,4-5,8H2,1-3H3. The molecule has 0 spiro atoms. The van der Waals surface area contributed by atoms with E-state index < -0.39 is 0 Å². The maximum Gasteiger partial charge on any atom is 0.156 e. The molecule has 14 heavy (non-hydrogen) atoms. The highest BCUT2D eigenvalue weighted by molar-refractivity contribution is 5.92. The van der Waals surface area contributed by atoms with Crippen molar-refractivity contribution in [2.24, 2.45) is 11.3 Å². The molecule has 2 rings (SSSR count). The Hall–Kier alpha value is -0.850. The van der Waals surface area contributed by atoms with Gasteiger partial charge in [-0.15, -0.1) is 0 Å². The number of hydrogen-bond donors (Lipinski definition) is 0. The summed E-state index contributed by atoms with van der Waals surface area (Å²) in [5, 5.41) is 0. The van der Waals surface area contributed by atoms with Crippen LogP contribution in [0.2, 0.25) is 0 Å². The van der Waals surface area contributed by atoms with E-state index in [0.717, 1.165) is 0 Å². The summed E-state index contributed by atoms with van der Waals surface area (Å²) in [4.78, 5) is 11.5. The molecule has 0 saturated carbocycles. The van der Waals surface area contributed by atoms with Crippen LogP contribution in [-0.4, -0.2) is 5.78 Å². The van der Waals surface area contributed by atoms with Gasteiger partial charge in [0, 0.05) is 6.42 Å². The lowest BCUT2D eigenvalue weighted by molar-refractivity contribution is -0.117. The summed E-state index contributed by atoms with van der Waals surface area (Å²) >= 11 is 0. The van der Waals surface area contributed by atoms with E-state index in [1.807, 2.05) is 6.08 Å². The first-order valence-corrected chi connectivity index (χ1v) is 5.41. The van der Waals surface area contributed by atoms with Crippen molar-refractivity contribution in [3.63, 3.8) is 0 Å². The summed E-state index contributed by atoms with van der Waals surface area (Å²) < 4.78 is 0. The Labute approximate surface area is 85.9 Å². The molecule has 0 heterocycles. The van der Waals surface area contributed by atoms with Crippen LogP contribution in [0.15, 0.2) is 23.3 Å². The average Bonchev–Trinajstić information content (AvgIpc) is 2.00. The minimum Gasteiger partial charge on any atom is -0.295 e. The SMILES string of the molecule is CC1=CC2=CC(=O)CC(C)(C)C2CC1. The molecular weight excluding hydrogens is 172 g/mol. The van der Waals surface area contributed by atoms with Crippen molar-refractivity contribution in [1.29, 1.82) is 0 Å². The molecule has 1 nitrogen and oxygen atoms in total. The zero-order valence-corrected chi connectivity index (χ0v) is 9.26. The van der Waals surface area contributed by atoms with Crippen LogP contribution in [0.5, 0.6) is 0 Å². The highest BCUT2D eigenvalue weighted by Gasteiger charge is 2.37. The second-order valence-electron chi connectivity index (χ2n) is 5.36. The second kappa shape index (κ2) is 3.08. The maximum absolute atomic E-state index is 11.5. The fraction of sp³-hybridized carbons (Fsp3) is 0.615. The number of rotatable bonds is 0. The maximum atomic E-state index is 11.5. The van der Waals surface area contributed by atoms with Crippen molar-refractivity contribution in [3.05, 3.63) is 23.3 Å². The summed E-state index contributed by atoms with van der Waals surface area (Å²) in [7, 11) is 0. The van der Waals surface area contributed by atoms with Gasteiger partial charge < -0.3 is 0 Å². The molecule has 0 saturated heterocycles. The molecule has 0 aliphatic heterocycles. The number of ketones is 1. The lowest BCUT2D eigenvalue weighted by Gasteiger charge is -2.40. The van der Waals surface area contributed by atoms with E-state index in [1.54, 1.807) is 0 Å². The fourth-order valence-electron chi connectivity index (χ4n) is 2.79. The van der Waals surface area contributed by atoms with Crippen LogP contribution >= 0.6 is 0 Å². The van der Waals surface area contributed by atoms with Crippen LogP contribution in [0.1, 0.15) is 40.0 Å². The first-order chi connectivity index (χ1) is 6.49. The Bertz CT molecular complexity index is 331. The van der Waals surface area contributed by atoms with Crippen molar-refractivity contribution < 1.29 is 4.79 Å². The third kappa shape index (κ3) is 1.56. The van der Waals surface area contributed by atoms with Crippen molar-refractivity contribution in [2.75, 3.05) is 0 Å². The molecule has 0 aromatic rings. The van der Waals surface area contributed by atoms with E-state index in [-0.39, 0.29) is 5.41 Å². The smallest absolute Gasteiger partial charge is 0.156 e. The predicted octanol–water partition coefficient (Wildman–Crippen LogP) is 3.27. The molecule has 0 amide bonds. The number of hydrogen-bond acceptors (Lipinski definition) is 1. The Morgan fingerprint density at radius 2 is 2.07 bits per heavy atom. The second-order valence-corrected chi connectivity index (χ2v) is 5.36. The van der Waals surface area contributed by atoms with E-state index in [9.17, 15) is 4.79 Å². The Morgan fingerprint density at radius 1 is 1.36 bits per heavy atom. The summed E-state index contributed by atoms with van der Waals surface area (Å²) in [6, 6.07) is 0. The van der Waals surface area contributed by atoms with Crippen molar-refractivity contribution in [1.82, 2.24) is 0 Å². The summed E-state index contributed by atoms with van der Waals surface area (Å²) in [6.45, 7) is 6.59. The third-order valence-corrected chi connectivity index (χ3v) is 3.54. The molecule has 0 N–H and O–H groups in total. The van der Waals surface area contributed by atoms with Gasteiger partial charge in [0.2, 0.25) is 0 Å². The van der Waals surface area contributed by atoms with Gasteiger partial charge in [-0.1, -0.05) is 25.5 Å². The van der Waals surface area contributed by atoms with E-state index in [4.69, 9.17) is 0 Å². The summed E-state index contributed by atoms with van der Waals surface area (Å²) in [6.07, 6.45) is 7.20. The molecule has 0 radical (unpaired) electrons. The van der Waals surface area contributed by atoms with Crippen molar-refractivity contribution in [3.8, 4) is 0 Å². The molecule has 0 aromatic carbocycles. The molecule has 1 atom stereocenters. The van der Waals surface area contributed by atoms with Crippen LogP contribution in [0.3, 0.4) is 0 Å². The molecular formula is C13H18O. The van der Waals surface area contributed by atoms with Gasteiger partial charge in [-0.3, -0.25) is 4.79 Å². The van der Waals surface area contributed by atoms with Gasteiger partial charge in [-0.2, -0.15) is 0 Å². The zero-order chi connectivity index (χ0) is 10.3. The van der Waals surface area contributed by atoms with Crippen LogP contribution in [0, 0.1) is 11.3 Å². The van der Waals surface area contributed by atoms with Crippen LogP contribution in [0.4, 0.5) is 0 Å². The molecule has 2 aliphatic carbocycles. The Balaban J connectivity index is 2.41. The largest absolute Gasteiger partial charge is 0.295 e. The van der Waals surface area contributed by atoms with Gasteiger partial charge in [-0.05, 0) is 42.7 Å². The molecule has 0 fully saturated rings. The van der Waals surface area contributed by atoms with E-state index >= 15 is 0 Å². The molecule has 76 valence electrons. The van der Waals surface area contributed by atoms with Gasteiger partial charge in [0.1, 0.15) is 0 Å². The van der Waals surface area contributed by atoms with Crippen molar-refractivity contribution in [2.45, 2.75) is 40.0 Å². The van der Waals surface area contributed by atoms with Crippen LogP contribution in [0.25, 0.3) is 0 Å². The number of allylic oxidation sites excluding steroid dienone is 4. The van der Waals surface area contributed by atoms with E-state index in [1.165, 1.54) is 24.0 Å². The van der Waals surface area contributed by atoms with Gasteiger partial charge in [0.15, 0.2) is 5.78 Å². The number of fused-ring (bicyclic) bond motifs is 1. The Morgan fingerprint density at radius 3 is 2.79 bits per heavy atom. The van der Waals surface area contributed by atoms with Gasteiger partial charge >= 0.3 is 0 Å². The zero-order valence-electron chi connectivity index (χ0n) is 9.26. The van der Waals surface area contributed by atoms with E-state index in [0.29, 0.717) is 18.1 Å². The normalized spacial score (nSPS) is 30.5. The monoisotopic (exact) mass is 190 g/mol. The van der Waals surface area contributed by atoms with Gasteiger partial charge in [-0.25, -0.2) is 0 Å². The first kappa shape index (κ1) is 9.70. The van der Waals surface area contributed by atoms with Gasteiger partial charge in [0.05, 0.1) is 0 Å². The van der Waals surface area contributed by atoms with Gasteiger partial charge in [0.25, 0.3) is 0 Å². The predicted molar refractivity (Wildman–Crippen MR) is 58.0 cm³/mol. The molecule has 1 heteroatoms. The topological polar surface area (TPSA) is 17.1 Å². The quantitative estimate of drug-likeness (QED) is 0.573. The number of carbonyl (C=O) groups excluding carboxylic acids is 1. The first-order valence-electron chi connectivity index (χ1n) is 5.41. The fourth-order valence-corrected chi connectivity index (χ4v) is 2.79. The molecule has 0 aromatic heterocycles. The number of carbonyl (C=O) groups is 1. The third-order valence-electron chi connectivity index (χ3n) is 3.54. The summed E-state index contributed by atoms with van der Waals surface area (Å²) in [5.41, 5.74) is 2.85. The molecule has 2 aliphatic rings. The lowest BCUT2D eigenvalue weighted by atomic mass is 9.64. The minimum atomic E-state index is 0.165. The molecule has 1 unspecified atom stereocenters. The highest BCUT2D eigenvalue weighted by atomic mass is 16.1. The average molecular weight is 190 g/mol. The summed E-state index contributed by atoms with van der Waals surface area (Å²) in [5.74, 6) is 0.899. The Kier molecular flexibility index (Phi) is 2.13. The van der Waals surface area contributed by atoms with Crippen LogP contribution < -0.4 is 0 Å². The van der Waals surface area contributed by atoms with Crippen LogP contribution in [-0.2, 0) is 4.79 Å². The lowest BCUT2D eigenvalue weighted by Crippen LogP contribution is -2.33.